The topological polar surface area (TPSA) is 69.6 Å². The predicted octanol–water partition coefficient (Wildman–Crippen LogP) is 2.46. The number of hydrogen-bond acceptors (Lipinski definition) is 2. The molecule has 2 N–H and O–H groups in total. The molecule has 5 heteroatoms. The highest BCUT2D eigenvalue weighted by Crippen LogP contribution is 2.37. The van der Waals surface area contributed by atoms with E-state index in [1.165, 1.54) is 0 Å². The van der Waals surface area contributed by atoms with Crippen LogP contribution in [-0.2, 0) is 4.79 Å². The van der Waals surface area contributed by atoms with Gasteiger partial charge in [0.15, 0.2) is 0 Å². The summed E-state index contributed by atoms with van der Waals surface area (Å²) in [5.41, 5.74) is -0.734. The Morgan fingerprint density at radius 2 is 1.95 bits per heavy atom. The molecule has 1 saturated heterocycles. The number of amides is 2. The van der Waals surface area contributed by atoms with Crippen LogP contribution in [0.4, 0.5) is 4.79 Å². The number of aliphatic carboxylic acids is 1. The van der Waals surface area contributed by atoms with E-state index in [2.05, 4.69) is 19.2 Å². The van der Waals surface area contributed by atoms with Crippen LogP contribution >= 0.6 is 0 Å². The van der Waals surface area contributed by atoms with Gasteiger partial charge in [-0.25, -0.2) is 4.79 Å². The molecule has 0 radical (unpaired) electrons. The number of piperidine rings is 1. The Labute approximate surface area is 120 Å². The summed E-state index contributed by atoms with van der Waals surface area (Å²) in [5, 5.41) is 12.3. The number of carbonyl (C=O) groups is 2. The third-order valence-corrected chi connectivity index (χ3v) is 4.99. The first kappa shape index (κ1) is 15.1. The zero-order chi connectivity index (χ0) is 14.8. The molecular weight excluding hydrogens is 256 g/mol. The average Bonchev–Trinajstić information content (AvgIpc) is 2.86. The molecule has 1 saturated carbocycles. The van der Waals surface area contributed by atoms with Crippen molar-refractivity contribution in [3.63, 3.8) is 0 Å². The Hall–Kier alpha value is -1.26. The Morgan fingerprint density at radius 1 is 1.30 bits per heavy atom. The Bertz CT molecular complexity index is 377. The number of hydrogen-bond donors (Lipinski definition) is 2. The molecule has 2 unspecified atom stereocenters. The van der Waals surface area contributed by atoms with Gasteiger partial charge in [-0.05, 0) is 38.5 Å². The second kappa shape index (κ2) is 6.02. The zero-order valence-electron chi connectivity index (χ0n) is 12.5. The van der Waals surface area contributed by atoms with E-state index in [9.17, 15) is 14.7 Å². The van der Waals surface area contributed by atoms with Crippen molar-refractivity contribution >= 4 is 12.0 Å². The van der Waals surface area contributed by atoms with Gasteiger partial charge in [0, 0.05) is 19.1 Å². The lowest BCUT2D eigenvalue weighted by Crippen LogP contribution is -2.51. The number of likely N-dealkylation sites (tertiary alicyclic amines) is 1. The van der Waals surface area contributed by atoms with Crippen LogP contribution in [0, 0.1) is 11.3 Å². The van der Waals surface area contributed by atoms with Crippen LogP contribution in [0.5, 0.6) is 0 Å². The van der Waals surface area contributed by atoms with E-state index in [-0.39, 0.29) is 18.6 Å². The van der Waals surface area contributed by atoms with Crippen molar-refractivity contribution in [2.24, 2.45) is 11.3 Å². The molecule has 0 spiro atoms. The molecule has 2 amide bonds. The number of rotatable bonds is 3. The quantitative estimate of drug-likeness (QED) is 0.835. The highest BCUT2D eigenvalue weighted by atomic mass is 16.4. The first-order chi connectivity index (χ1) is 9.44. The maximum atomic E-state index is 12.3. The zero-order valence-corrected chi connectivity index (χ0v) is 12.5. The van der Waals surface area contributed by atoms with E-state index in [1.54, 1.807) is 0 Å². The highest BCUT2D eigenvalue weighted by molar-refractivity contribution is 5.78. The van der Waals surface area contributed by atoms with Gasteiger partial charge in [-0.1, -0.05) is 19.8 Å². The first-order valence-electron chi connectivity index (χ1n) is 7.72. The first-order valence-corrected chi connectivity index (χ1v) is 7.72. The minimum atomic E-state index is -0.768. The summed E-state index contributed by atoms with van der Waals surface area (Å²) in [5.74, 6) is -0.107. The maximum Gasteiger partial charge on any atom is 0.317 e. The van der Waals surface area contributed by atoms with Crippen LogP contribution in [0.3, 0.4) is 0 Å². The molecule has 5 nitrogen and oxygen atoms in total. The third-order valence-electron chi connectivity index (χ3n) is 4.99. The number of carbonyl (C=O) groups excluding carboxylic acids is 1. The fourth-order valence-corrected chi connectivity index (χ4v) is 3.57. The van der Waals surface area contributed by atoms with Crippen molar-refractivity contribution in [1.29, 1.82) is 0 Å². The third kappa shape index (κ3) is 3.07. The summed E-state index contributed by atoms with van der Waals surface area (Å²) >= 11 is 0. The molecule has 114 valence electrons. The van der Waals surface area contributed by atoms with E-state index in [0.29, 0.717) is 18.8 Å². The lowest BCUT2D eigenvalue weighted by molar-refractivity contribution is -0.148. The van der Waals surface area contributed by atoms with Gasteiger partial charge in [0.25, 0.3) is 0 Å². The lowest BCUT2D eigenvalue weighted by Gasteiger charge is -2.37. The molecule has 1 aliphatic heterocycles. The summed E-state index contributed by atoms with van der Waals surface area (Å²) in [7, 11) is 0. The molecule has 2 atom stereocenters. The minimum Gasteiger partial charge on any atom is -0.481 e. The molecule has 2 aliphatic rings. The standard InChI is InChI=1S/C15H26N2O3/c1-11-5-8-17(12(2)9-11)14(20)16-10-15(13(18)19)6-3-4-7-15/h11-12H,3-10H2,1-2H3,(H,16,20)(H,18,19). The van der Waals surface area contributed by atoms with Crippen molar-refractivity contribution in [2.75, 3.05) is 13.1 Å². The van der Waals surface area contributed by atoms with Gasteiger partial charge in [0.2, 0.25) is 0 Å². The summed E-state index contributed by atoms with van der Waals surface area (Å²) in [6.45, 7) is 5.32. The molecule has 0 aromatic heterocycles. The van der Waals surface area contributed by atoms with E-state index < -0.39 is 11.4 Å². The smallest absolute Gasteiger partial charge is 0.317 e. The average molecular weight is 282 g/mol. The molecule has 20 heavy (non-hydrogen) atoms. The maximum absolute atomic E-state index is 12.3. The van der Waals surface area contributed by atoms with Crippen molar-refractivity contribution in [3.8, 4) is 0 Å². The highest BCUT2D eigenvalue weighted by Gasteiger charge is 2.42. The minimum absolute atomic E-state index is 0.100. The van der Waals surface area contributed by atoms with E-state index in [4.69, 9.17) is 0 Å². The van der Waals surface area contributed by atoms with Crippen molar-refractivity contribution in [2.45, 2.75) is 58.4 Å². The van der Waals surface area contributed by atoms with Crippen LogP contribution in [0.2, 0.25) is 0 Å². The summed E-state index contributed by atoms with van der Waals surface area (Å²) in [6.07, 6.45) is 5.29. The number of urea groups is 1. The van der Waals surface area contributed by atoms with E-state index in [0.717, 1.165) is 32.2 Å². The number of carboxylic acids is 1. The molecule has 2 fully saturated rings. The molecule has 0 aromatic carbocycles. The summed E-state index contributed by atoms with van der Waals surface area (Å²) in [4.78, 5) is 25.6. The number of carboxylic acid groups (broad SMARTS) is 1. The molecule has 2 rings (SSSR count). The van der Waals surface area contributed by atoms with Crippen LogP contribution < -0.4 is 5.32 Å². The van der Waals surface area contributed by atoms with Gasteiger partial charge in [-0.3, -0.25) is 4.79 Å². The predicted molar refractivity (Wildman–Crippen MR) is 76.5 cm³/mol. The number of nitrogens with zero attached hydrogens (tertiary/aromatic N) is 1. The van der Waals surface area contributed by atoms with Gasteiger partial charge in [0.05, 0.1) is 5.41 Å². The number of nitrogens with one attached hydrogen (secondary N) is 1. The molecule has 0 bridgehead atoms. The second-order valence-electron chi connectivity index (χ2n) is 6.62. The van der Waals surface area contributed by atoms with E-state index in [1.807, 2.05) is 4.90 Å². The summed E-state index contributed by atoms with van der Waals surface area (Å²) < 4.78 is 0. The fraction of sp³-hybridized carbons (Fsp3) is 0.867. The van der Waals surface area contributed by atoms with Gasteiger partial charge in [-0.2, -0.15) is 0 Å². The van der Waals surface area contributed by atoms with Crippen LogP contribution in [0.15, 0.2) is 0 Å². The van der Waals surface area contributed by atoms with Crippen LogP contribution in [0.1, 0.15) is 52.4 Å². The van der Waals surface area contributed by atoms with Gasteiger partial charge in [0.1, 0.15) is 0 Å². The largest absolute Gasteiger partial charge is 0.481 e. The van der Waals surface area contributed by atoms with Crippen molar-refractivity contribution in [3.05, 3.63) is 0 Å². The Morgan fingerprint density at radius 3 is 2.50 bits per heavy atom. The molecular formula is C15H26N2O3. The Kier molecular flexibility index (Phi) is 4.55. The SMILES string of the molecule is CC1CCN(C(=O)NCC2(C(=O)O)CCCC2)C(C)C1. The monoisotopic (exact) mass is 282 g/mol. The fourth-order valence-electron chi connectivity index (χ4n) is 3.57. The van der Waals surface area contributed by atoms with Crippen LogP contribution in [0.25, 0.3) is 0 Å². The molecule has 1 aliphatic carbocycles. The van der Waals surface area contributed by atoms with E-state index >= 15 is 0 Å². The molecule has 0 aromatic rings. The van der Waals surface area contributed by atoms with Crippen molar-refractivity contribution < 1.29 is 14.7 Å². The van der Waals surface area contributed by atoms with Crippen molar-refractivity contribution in [1.82, 2.24) is 10.2 Å². The second-order valence-corrected chi connectivity index (χ2v) is 6.62. The summed E-state index contributed by atoms with van der Waals surface area (Å²) in [6, 6.07) is 0.139. The lowest BCUT2D eigenvalue weighted by atomic mass is 9.86. The Balaban J connectivity index is 1.90. The molecule has 1 heterocycles. The normalized spacial score (nSPS) is 29.2. The van der Waals surface area contributed by atoms with Crippen LogP contribution in [-0.4, -0.2) is 41.1 Å². The van der Waals surface area contributed by atoms with Gasteiger partial charge >= 0.3 is 12.0 Å². The van der Waals surface area contributed by atoms with Gasteiger partial charge < -0.3 is 15.3 Å². The van der Waals surface area contributed by atoms with Gasteiger partial charge in [-0.15, -0.1) is 0 Å².